The van der Waals surface area contributed by atoms with Gasteiger partial charge >= 0.3 is 0 Å². The topological polar surface area (TPSA) is 93.5 Å². The van der Waals surface area contributed by atoms with Crippen molar-refractivity contribution in [1.82, 2.24) is 14.9 Å². The van der Waals surface area contributed by atoms with E-state index < -0.39 is 15.9 Å². The Morgan fingerprint density at radius 2 is 1.69 bits per heavy atom. The first-order valence-electron chi connectivity index (χ1n) is 11.0. The predicted octanol–water partition coefficient (Wildman–Crippen LogP) is 3.53. The molecule has 0 aliphatic rings. The van der Waals surface area contributed by atoms with E-state index in [4.69, 9.17) is 4.74 Å². The number of amides is 1. The molecule has 0 fully saturated rings. The number of hydrogen-bond donors (Lipinski definition) is 1. The summed E-state index contributed by atoms with van der Waals surface area (Å²) in [6.07, 6.45) is 6.33. The van der Waals surface area contributed by atoms with Gasteiger partial charge in [-0.2, -0.15) is 0 Å². The third-order valence-corrected chi connectivity index (χ3v) is 6.43. The Labute approximate surface area is 204 Å². The van der Waals surface area contributed by atoms with E-state index in [1.807, 2.05) is 65.4 Å². The van der Waals surface area contributed by atoms with E-state index in [9.17, 15) is 13.2 Å². The van der Waals surface area contributed by atoms with E-state index >= 15 is 0 Å². The Morgan fingerprint density at radius 3 is 2.31 bits per heavy atom. The normalized spacial score (nSPS) is 11.1. The second-order valence-corrected chi connectivity index (χ2v) is 9.86. The fraction of sp³-hybridized carbons (Fsp3) is 0.154. The Bertz CT molecular complexity index is 1340. The fourth-order valence-corrected chi connectivity index (χ4v) is 4.29. The first-order valence-corrected chi connectivity index (χ1v) is 12.8. The predicted molar refractivity (Wildman–Crippen MR) is 135 cm³/mol. The average molecular weight is 491 g/mol. The number of carbonyl (C=O) groups excluding carboxylic acids is 1. The largest absolute Gasteiger partial charge is 0.489 e. The Morgan fingerprint density at radius 1 is 0.971 bits per heavy atom. The van der Waals surface area contributed by atoms with Crippen LogP contribution in [0.25, 0.3) is 5.69 Å². The maximum Gasteiger partial charge on any atom is 0.241 e. The Hall–Kier alpha value is -4.11. The van der Waals surface area contributed by atoms with Crippen molar-refractivity contribution in [1.29, 1.82) is 0 Å². The lowest BCUT2D eigenvalue weighted by atomic mass is 10.2. The molecule has 0 bridgehead atoms. The van der Waals surface area contributed by atoms with Gasteiger partial charge in [-0.1, -0.05) is 42.5 Å². The minimum atomic E-state index is -3.67. The van der Waals surface area contributed by atoms with Crippen LogP contribution in [0.5, 0.6) is 5.75 Å². The number of imidazole rings is 1. The summed E-state index contributed by atoms with van der Waals surface area (Å²) in [6, 6.07) is 24.0. The van der Waals surface area contributed by atoms with Crippen LogP contribution < -0.4 is 14.4 Å². The van der Waals surface area contributed by atoms with Gasteiger partial charge in [-0.25, -0.2) is 13.4 Å². The maximum atomic E-state index is 12.6. The monoisotopic (exact) mass is 490 g/mol. The molecule has 180 valence electrons. The molecule has 0 saturated carbocycles. The molecule has 1 aromatic heterocycles. The fourth-order valence-electron chi connectivity index (χ4n) is 3.43. The van der Waals surface area contributed by atoms with Gasteiger partial charge in [-0.15, -0.1) is 0 Å². The molecule has 3 aromatic carbocycles. The van der Waals surface area contributed by atoms with Gasteiger partial charge in [-0.05, 0) is 47.5 Å². The third-order valence-electron chi connectivity index (χ3n) is 5.29. The molecule has 0 aliphatic carbocycles. The van der Waals surface area contributed by atoms with E-state index in [2.05, 4.69) is 10.3 Å². The molecule has 4 rings (SSSR count). The van der Waals surface area contributed by atoms with Gasteiger partial charge in [0.1, 0.15) is 18.9 Å². The summed E-state index contributed by atoms with van der Waals surface area (Å²) in [4.78, 5) is 16.6. The van der Waals surface area contributed by atoms with Crippen LogP contribution in [0, 0.1) is 0 Å². The zero-order chi connectivity index (χ0) is 24.7. The highest BCUT2D eigenvalue weighted by Crippen LogP contribution is 2.22. The zero-order valence-electron chi connectivity index (χ0n) is 19.2. The number of nitrogens with zero attached hydrogens (tertiary/aromatic N) is 3. The summed E-state index contributed by atoms with van der Waals surface area (Å²) in [7, 11) is -3.67. The maximum absolute atomic E-state index is 12.6. The summed E-state index contributed by atoms with van der Waals surface area (Å²) in [5.74, 6) is 0.202. The van der Waals surface area contributed by atoms with Crippen LogP contribution in [0.3, 0.4) is 0 Å². The average Bonchev–Trinajstić information content (AvgIpc) is 3.41. The summed E-state index contributed by atoms with van der Waals surface area (Å²) < 4.78 is 33.5. The molecule has 4 aromatic rings. The number of ether oxygens (including phenoxy) is 1. The highest BCUT2D eigenvalue weighted by Gasteiger charge is 2.21. The number of hydrogen-bond acceptors (Lipinski definition) is 5. The van der Waals surface area contributed by atoms with E-state index in [0.29, 0.717) is 18.0 Å². The SMILES string of the molecule is CS(=O)(=O)N(CC(=O)NCc1ccc(-n2ccnc2)cc1)c1ccc(OCc2ccccc2)cc1. The second-order valence-electron chi connectivity index (χ2n) is 7.95. The molecule has 0 atom stereocenters. The van der Waals surface area contributed by atoms with Crippen molar-refractivity contribution < 1.29 is 17.9 Å². The van der Waals surface area contributed by atoms with Gasteiger partial charge < -0.3 is 14.6 Å². The third kappa shape index (κ3) is 6.70. The highest BCUT2D eigenvalue weighted by molar-refractivity contribution is 7.92. The molecular weight excluding hydrogens is 464 g/mol. The minimum Gasteiger partial charge on any atom is -0.489 e. The van der Waals surface area contributed by atoms with Crippen LogP contribution in [0.1, 0.15) is 11.1 Å². The summed E-state index contributed by atoms with van der Waals surface area (Å²) in [6.45, 7) is 0.366. The first-order chi connectivity index (χ1) is 16.9. The molecule has 35 heavy (non-hydrogen) atoms. The van der Waals surface area contributed by atoms with Gasteiger partial charge in [0.25, 0.3) is 0 Å². The molecule has 1 heterocycles. The van der Waals surface area contributed by atoms with Crippen molar-refractivity contribution in [3.05, 3.63) is 109 Å². The lowest BCUT2D eigenvalue weighted by Crippen LogP contribution is -2.40. The molecule has 9 heteroatoms. The molecule has 1 amide bonds. The van der Waals surface area contributed by atoms with Crippen LogP contribution in [-0.4, -0.2) is 36.7 Å². The molecule has 8 nitrogen and oxygen atoms in total. The van der Waals surface area contributed by atoms with Crippen molar-refractivity contribution >= 4 is 21.6 Å². The quantitative estimate of drug-likeness (QED) is 0.367. The number of aromatic nitrogens is 2. The standard InChI is InChI=1S/C26H26N4O4S/c1-35(32,33)30(24-11-13-25(14-12-24)34-19-22-5-3-2-4-6-22)18-26(31)28-17-21-7-9-23(10-8-21)29-16-15-27-20-29/h2-16,20H,17-19H2,1H3,(H,28,31). The van der Waals surface area contributed by atoms with E-state index in [0.717, 1.165) is 27.4 Å². The van der Waals surface area contributed by atoms with Crippen molar-refractivity contribution in [3.8, 4) is 11.4 Å². The van der Waals surface area contributed by atoms with Gasteiger partial charge in [0.2, 0.25) is 15.9 Å². The Balaban J connectivity index is 1.34. The number of carbonyl (C=O) groups is 1. The van der Waals surface area contributed by atoms with E-state index in [-0.39, 0.29) is 13.1 Å². The summed E-state index contributed by atoms with van der Waals surface area (Å²) >= 11 is 0. The van der Waals surface area contributed by atoms with Crippen LogP contribution in [0.4, 0.5) is 5.69 Å². The van der Waals surface area contributed by atoms with E-state index in [1.165, 1.54) is 0 Å². The molecular formula is C26H26N4O4S. The molecule has 0 unspecified atom stereocenters. The summed E-state index contributed by atoms with van der Waals surface area (Å²) in [5, 5.41) is 2.79. The summed E-state index contributed by atoms with van der Waals surface area (Å²) in [5.41, 5.74) is 3.27. The van der Waals surface area contributed by atoms with Crippen LogP contribution >= 0.6 is 0 Å². The van der Waals surface area contributed by atoms with Crippen LogP contribution in [0.15, 0.2) is 97.6 Å². The number of benzene rings is 3. The van der Waals surface area contributed by atoms with Crippen LogP contribution in [-0.2, 0) is 28.0 Å². The number of sulfonamides is 1. The number of nitrogens with one attached hydrogen (secondary N) is 1. The lowest BCUT2D eigenvalue weighted by molar-refractivity contribution is -0.119. The zero-order valence-corrected chi connectivity index (χ0v) is 20.1. The minimum absolute atomic E-state index is 0.285. The molecule has 0 saturated heterocycles. The Kier molecular flexibility index (Phi) is 7.47. The molecule has 0 radical (unpaired) electrons. The van der Waals surface area contributed by atoms with Gasteiger partial charge in [0.05, 0.1) is 18.3 Å². The first kappa shape index (κ1) is 24.0. The second kappa shape index (κ2) is 10.9. The number of anilines is 1. The van der Waals surface area contributed by atoms with E-state index in [1.54, 1.807) is 36.8 Å². The van der Waals surface area contributed by atoms with Gasteiger partial charge in [-0.3, -0.25) is 9.10 Å². The van der Waals surface area contributed by atoms with Crippen molar-refractivity contribution in [2.45, 2.75) is 13.2 Å². The van der Waals surface area contributed by atoms with Crippen molar-refractivity contribution in [2.24, 2.45) is 0 Å². The molecule has 1 N–H and O–H groups in total. The molecule has 0 aliphatic heterocycles. The lowest BCUT2D eigenvalue weighted by Gasteiger charge is -2.22. The van der Waals surface area contributed by atoms with Crippen LogP contribution in [0.2, 0.25) is 0 Å². The van der Waals surface area contributed by atoms with Gasteiger partial charge in [0.15, 0.2) is 0 Å². The smallest absolute Gasteiger partial charge is 0.241 e. The van der Waals surface area contributed by atoms with Gasteiger partial charge in [0, 0.05) is 24.6 Å². The highest BCUT2D eigenvalue weighted by atomic mass is 32.2. The molecule has 0 spiro atoms. The van der Waals surface area contributed by atoms with Crippen molar-refractivity contribution in [2.75, 3.05) is 17.1 Å². The number of rotatable bonds is 10. The van der Waals surface area contributed by atoms with Crippen molar-refractivity contribution in [3.63, 3.8) is 0 Å².